The van der Waals surface area contributed by atoms with Crippen LogP contribution in [0.3, 0.4) is 0 Å². The summed E-state index contributed by atoms with van der Waals surface area (Å²) < 4.78 is 0. The molecule has 4 aliphatic carbocycles. The lowest BCUT2D eigenvalue weighted by molar-refractivity contribution is 0.0629. The summed E-state index contributed by atoms with van der Waals surface area (Å²) in [5, 5.41) is 0. The minimum absolute atomic E-state index is 0.609. The normalized spacial score (nSPS) is 52.9. The predicted molar refractivity (Wildman–Crippen MR) is 80.9 cm³/mol. The van der Waals surface area contributed by atoms with Crippen molar-refractivity contribution in [1.82, 2.24) is 0 Å². The van der Waals surface area contributed by atoms with Crippen LogP contribution >= 0.6 is 0 Å². The molecule has 0 amide bonds. The van der Waals surface area contributed by atoms with Crippen molar-refractivity contribution < 1.29 is 0 Å². The lowest BCUT2D eigenvalue weighted by Gasteiger charge is -2.54. The van der Waals surface area contributed by atoms with Crippen molar-refractivity contribution in [3.8, 4) is 0 Å². The molecule has 0 heteroatoms. The summed E-state index contributed by atoms with van der Waals surface area (Å²) in [7, 11) is 0. The summed E-state index contributed by atoms with van der Waals surface area (Å²) in [6.07, 6.45) is 16.3. The molecule has 0 nitrogen and oxygen atoms in total. The van der Waals surface area contributed by atoms with Crippen LogP contribution in [0.5, 0.6) is 0 Å². The lowest BCUT2D eigenvalue weighted by atomic mass is 9.51. The van der Waals surface area contributed by atoms with Gasteiger partial charge in [0.2, 0.25) is 0 Å². The molecule has 0 saturated heterocycles. The van der Waals surface area contributed by atoms with Crippen LogP contribution in [0, 0.1) is 35.0 Å². The number of allylic oxidation sites excluding steroid dienone is 2. The first kappa shape index (κ1) is 12.5. The van der Waals surface area contributed by atoms with E-state index in [-0.39, 0.29) is 0 Å². The second kappa shape index (κ2) is 4.37. The van der Waals surface area contributed by atoms with E-state index in [1.807, 2.05) is 5.57 Å². The molecule has 6 atom stereocenters. The van der Waals surface area contributed by atoms with Crippen molar-refractivity contribution >= 4 is 0 Å². The zero-order valence-corrected chi connectivity index (χ0v) is 12.8. The second-order valence-corrected chi connectivity index (χ2v) is 8.32. The van der Waals surface area contributed by atoms with E-state index in [0.29, 0.717) is 5.41 Å². The number of hydrogen-bond donors (Lipinski definition) is 0. The van der Waals surface area contributed by atoms with Crippen LogP contribution in [0.4, 0.5) is 0 Å². The van der Waals surface area contributed by atoms with Gasteiger partial charge in [0, 0.05) is 0 Å². The topological polar surface area (TPSA) is 0 Å². The van der Waals surface area contributed by atoms with Gasteiger partial charge in [-0.1, -0.05) is 44.8 Å². The Bertz CT molecular complexity index is 393. The first-order valence-corrected chi connectivity index (χ1v) is 8.90. The Hall–Kier alpha value is -0.260. The summed E-state index contributed by atoms with van der Waals surface area (Å²) in [6.45, 7) is 5.14. The Balaban J connectivity index is 1.68. The molecule has 0 bridgehead atoms. The van der Waals surface area contributed by atoms with Crippen LogP contribution in [0.1, 0.15) is 71.6 Å². The molecular formula is C19H30. The molecule has 0 aromatic heterocycles. The van der Waals surface area contributed by atoms with Gasteiger partial charge in [-0.25, -0.2) is 0 Å². The quantitative estimate of drug-likeness (QED) is 0.497. The van der Waals surface area contributed by atoms with E-state index in [1.54, 1.807) is 0 Å². The highest BCUT2D eigenvalue weighted by atomic mass is 14.6. The van der Waals surface area contributed by atoms with Gasteiger partial charge in [-0.3, -0.25) is 0 Å². The number of hydrogen-bond acceptors (Lipinski definition) is 0. The van der Waals surface area contributed by atoms with Gasteiger partial charge < -0.3 is 0 Å². The molecular weight excluding hydrogens is 228 g/mol. The minimum Gasteiger partial charge on any atom is -0.0842 e. The van der Waals surface area contributed by atoms with Crippen LogP contribution in [0.2, 0.25) is 0 Å². The van der Waals surface area contributed by atoms with E-state index in [0.717, 1.165) is 29.6 Å². The van der Waals surface area contributed by atoms with Crippen LogP contribution in [0.25, 0.3) is 0 Å². The van der Waals surface area contributed by atoms with Crippen LogP contribution in [0.15, 0.2) is 11.6 Å². The van der Waals surface area contributed by atoms with E-state index in [9.17, 15) is 0 Å². The molecule has 0 N–H and O–H groups in total. The molecule has 0 aromatic rings. The average molecular weight is 258 g/mol. The molecule has 0 spiro atoms. The maximum Gasteiger partial charge on any atom is -0.00853 e. The Kier molecular flexibility index (Phi) is 2.87. The largest absolute Gasteiger partial charge is 0.0842 e. The molecule has 3 saturated carbocycles. The highest BCUT2D eigenvalue weighted by molar-refractivity contribution is 5.26. The fraction of sp³-hybridized carbons (Fsp3) is 0.895. The summed E-state index contributed by atoms with van der Waals surface area (Å²) >= 11 is 0. The van der Waals surface area contributed by atoms with Crippen LogP contribution in [-0.4, -0.2) is 0 Å². The molecule has 3 fully saturated rings. The van der Waals surface area contributed by atoms with Gasteiger partial charge in [0.15, 0.2) is 0 Å². The Labute approximate surface area is 119 Å². The van der Waals surface area contributed by atoms with Crippen molar-refractivity contribution in [3.63, 3.8) is 0 Å². The van der Waals surface area contributed by atoms with Gasteiger partial charge in [-0.05, 0) is 73.5 Å². The molecule has 0 aliphatic heterocycles. The molecule has 0 aromatic carbocycles. The van der Waals surface area contributed by atoms with E-state index in [1.165, 1.54) is 57.8 Å². The Morgan fingerprint density at radius 3 is 2.79 bits per heavy atom. The zero-order chi connectivity index (χ0) is 13.0. The second-order valence-electron chi connectivity index (χ2n) is 8.32. The number of rotatable bonds is 0. The number of fused-ring (bicyclic) bond motifs is 5. The standard InChI is InChI=1S/C19H30/c1-13-6-8-16-15(13)10-11-18-17(16)9-7-14-5-3-4-12-19(14,18)2/h11,13-17H,3-10,12H2,1-2H3. The third-order valence-electron chi connectivity index (χ3n) is 7.65. The van der Waals surface area contributed by atoms with Gasteiger partial charge in [-0.15, -0.1) is 0 Å². The highest BCUT2D eigenvalue weighted by Crippen LogP contribution is 2.61. The molecule has 19 heavy (non-hydrogen) atoms. The maximum absolute atomic E-state index is 2.74. The van der Waals surface area contributed by atoms with Gasteiger partial charge in [0.05, 0.1) is 0 Å². The predicted octanol–water partition coefficient (Wildman–Crippen LogP) is 5.59. The van der Waals surface area contributed by atoms with Gasteiger partial charge in [0.1, 0.15) is 0 Å². The minimum atomic E-state index is 0.609. The summed E-state index contributed by atoms with van der Waals surface area (Å²) in [4.78, 5) is 0. The monoisotopic (exact) mass is 258 g/mol. The van der Waals surface area contributed by atoms with E-state index >= 15 is 0 Å². The first-order chi connectivity index (χ1) is 9.20. The average Bonchev–Trinajstić information content (AvgIpc) is 2.80. The molecule has 0 radical (unpaired) electrons. The fourth-order valence-corrected chi connectivity index (χ4v) is 6.51. The smallest absolute Gasteiger partial charge is 0.00853 e. The van der Waals surface area contributed by atoms with Crippen molar-refractivity contribution in [2.45, 2.75) is 71.6 Å². The molecule has 4 aliphatic rings. The maximum atomic E-state index is 2.74. The highest BCUT2D eigenvalue weighted by Gasteiger charge is 2.51. The summed E-state index contributed by atoms with van der Waals surface area (Å²) in [5.74, 6) is 5.12. The molecule has 106 valence electrons. The molecule has 4 rings (SSSR count). The van der Waals surface area contributed by atoms with E-state index < -0.39 is 0 Å². The van der Waals surface area contributed by atoms with E-state index in [2.05, 4.69) is 19.9 Å². The Morgan fingerprint density at radius 2 is 1.89 bits per heavy atom. The van der Waals surface area contributed by atoms with Gasteiger partial charge >= 0.3 is 0 Å². The third-order valence-corrected chi connectivity index (χ3v) is 7.65. The third kappa shape index (κ3) is 1.71. The Morgan fingerprint density at radius 1 is 1.00 bits per heavy atom. The van der Waals surface area contributed by atoms with Crippen molar-refractivity contribution in [2.24, 2.45) is 35.0 Å². The van der Waals surface area contributed by atoms with Crippen LogP contribution in [-0.2, 0) is 0 Å². The van der Waals surface area contributed by atoms with Crippen LogP contribution < -0.4 is 0 Å². The first-order valence-electron chi connectivity index (χ1n) is 8.90. The summed E-state index contributed by atoms with van der Waals surface area (Å²) in [6, 6.07) is 0. The van der Waals surface area contributed by atoms with Gasteiger partial charge in [-0.2, -0.15) is 0 Å². The van der Waals surface area contributed by atoms with Crippen molar-refractivity contribution in [1.29, 1.82) is 0 Å². The van der Waals surface area contributed by atoms with Crippen molar-refractivity contribution in [2.75, 3.05) is 0 Å². The molecule has 0 heterocycles. The lowest BCUT2D eigenvalue weighted by Crippen LogP contribution is -2.44. The van der Waals surface area contributed by atoms with Gasteiger partial charge in [0.25, 0.3) is 0 Å². The fourth-order valence-electron chi connectivity index (χ4n) is 6.51. The zero-order valence-electron chi connectivity index (χ0n) is 12.8. The SMILES string of the molecule is CC1CCC2C3CCC4CCCCC4(C)C3=CCC12. The summed E-state index contributed by atoms with van der Waals surface area (Å²) in [5.41, 5.74) is 2.55. The molecule has 6 unspecified atom stereocenters. The van der Waals surface area contributed by atoms with E-state index in [4.69, 9.17) is 0 Å². The van der Waals surface area contributed by atoms with Crippen molar-refractivity contribution in [3.05, 3.63) is 11.6 Å².